The summed E-state index contributed by atoms with van der Waals surface area (Å²) in [7, 11) is 0. The van der Waals surface area contributed by atoms with Gasteiger partial charge in [-0.1, -0.05) is 119 Å². The lowest BCUT2D eigenvalue weighted by molar-refractivity contribution is 0.0696. The van der Waals surface area contributed by atoms with Crippen molar-refractivity contribution in [2.75, 3.05) is 0 Å². The van der Waals surface area contributed by atoms with Crippen LogP contribution in [0.4, 0.5) is 0 Å². The van der Waals surface area contributed by atoms with Crippen LogP contribution in [0.3, 0.4) is 0 Å². The molecule has 3 N–H and O–H groups in total. The molecule has 0 spiro atoms. The van der Waals surface area contributed by atoms with Crippen LogP contribution in [0.25, 0.3) is 0 Å². The quantitative estimate of drug-likeness (QED) is 0.286. The molecule has 0 saturated carbocycles. The number of carbonyl (C=O) groups is 1. The first kappa shape index (κ1) is 31.3. The highest BCUT2D eigenvalue weighted by Crippen LogP contribution is 2.49. The van der Waals surface area contributed by atoms with Crippen molar-refractivity contribution >= 4 is 5.97 Å². The fraction of sp³-hybridized carbons (Fsp3) is 0.472. The number of phenolic OH excluding ortho intramolecular Hbond substituents is 2. The summed E-state index contributed by atoms with van der Waals surface area (Å²) in [6.45, 7) is 25.3. The fourth-order valence-electron chi connectivity index (χ4n) is 5.14. The maximum Gasteiger partial charge on any atom is 0.335 e. The van der Waals surface area contributed by atoms with Crippen LogP contribution in [0.15, 0.2) is 48.5 Å². The molecule has 0 heterocycles. The zero-order valence-corrected chi connectivity index (χ0v) is 26.4. The van der Waals surface area contributed by atoms with Gasteiger partial charge in [0, 0.05) is 17.0 Å². The van der Waals surface area contributed by atoms with Gasteiger partial charge in [0.2, 0.25) is 0 Å². The van der Waals surface area contributed by atoms with Crippen molar-refractivity contribution in [2.24, 2.45) is 0 Å². The normalized spacial score (nSPS) is 13.1. The largest absolute Gasteiger partial charge is 0.507 e. The second kappa shape index (κ2) is 10.3. The fourth-order valence-corrected chi connectivity index (χ4v) is 5.14. The second-order valence-corrected chi connectivity index (χ2v) is 15.3. The van der Waals surface area contributed by atoms with E-state index in [0.29, 0.717) is 16.7 Å². The Hall–Kier alpha value is -3.27. The molecule has 0 fully saturated rings. The third kappa shape index (κ3) is 6.37. The van der Waals surface area contributed by atoms with Gasteiger partial charge in [-0.25, -0.2) is 4.79 Å². The molecule has 0 aliphatic carbocycles. The Morgan fingerprint density at radius 2 is 1.00 bits per heavy atom. The molecule has 0 aliphatic rings. The highest BCUT2D eigenvalue weighted by Gasteiger charge is 2.33. The van der Waals surface area contributed by atoms with Crippen molar-refractivity contribution in [1.82, 2.24) is 0 Å². The zero-order chi connectivity index (χ0) is 30.6. The lowest BCUT2D eigenvalue weighted by atomic mass is 9.72. The number of hydrogen-bond acceptors (Lipinski definition) is 3. The summed E-state index contributed by atoms with van der Waals surface area (Å²) >= 11 is 0. The summed E-state index contributed by atoms with van der Waals surface area (Å²) in [5, 5.41) is 33.7. The van der Waals surface area contributed by atoms with Gasteiger partial charge in [-0.15, -0.1) is 0 Å². The first-order valence-electron chi connectivity index (χ1n) is 14.1. The van der Waals surface area contributed by atoms with Crippen LogP contribution >= 0.6 is 0 Å². The molecule has 40 heavy (non-hydrogen) atoms. The van der Waals surface area contributed by atoms with Gasteiger partial charge in [-0.3, -0.25) is 0 Å². The number of carboxylic acid groups (broad SMARTS) is 1. The van der Waals surface area contributed by atoms with Gasteiger partial charge in [-0.2, -0.15) is 0 Å². The minimum Gasteiger partial charge on any atom is -0.507 e. The number of benzene rings is 3. The summed E-state index contributed by atoms with van der Waals surface area (Å²) < 4.78 is 0. The van der Waals surface area contributed by atoms with E-state index in [-0.39, 0.29) is 38.7 Å². The van der Waals surface area contributed by atoms with E-state index in [1.165, 1.54) is 0 Å². The molecule has 3 rings (SSSR count). The maximum atomic E-state index is 12.0. The van der Waals surface area contributed by atoms with Crippen molar-refractivity contribution in [3.8, 4) is 11.5 Å². The molecule has 0 bridgehead atoms. The molecule has 4 heteroatoms. The number of phenols is 2. The molecule has 3 aromatic rings. The Labute approximate surface area is 241 Å². The van der Waals surface area contributed by atoms with Gasteiger partial charge in [0.05, 0.1) is 5.56 Å². The van der Waals surface area contributed by atoms with Crippen LogP contribution in [0, 0.1) is 0 Å². The monoisotopic (exact) mass is 544 g/mol. The number of hydrogen-bond donors (Lipinski definition) is 3. The first-order valence-corrected chi connectivity index (χ1v) is 14.1. The SMILES string of the molecule is CC(C)(C)c1cc(C(c2cccc(C(=O)O)c2)c2cc(C(C)(C)C)cc(C(C)(C)C)c2O)c(O)c(C(C)(C)C)c1. The van der Waals surface area contributed by atoms with Gasteiger partial charge >= 0.3 is 5.97 Å². The average molecular weight is 545 g/mol. The van der Waals surface area contributed by atoms with Crippen molar-refractivity contribution in [3.63, 3.8) is 0 Å². The molecule has 3 aromatic carbocycles. The Kier molecular flexibility index (Phi) is 8.04. The van der Waals surface area contributed by atoms with Crippen molar-refractivity contribution in [1.29, 1.82) is 0 Å². The van der Waals surface area contributed by atoms with E-state index in [4.69, 9.17) is 0 Å². The lowest BCUT2D eigenvalue weighted by Crippen LogP contribution is -2.20. The molecule has 0 aromatic heterocycles. The highest BCUT2D eigenvalue weighted by molar-refractivity contribution is 5.88. The van der Waals surface area contributed by atoms with E-state index in [1.54, 1.807) is 18.2 Å². The van der Waals surface area contributed by atoms with Gasteiger partial charge in [0.15, 0.2) is 0 Å². The minimum absolute atomic E-state index is 0.160. The molecule has 0 atom stereocenters. The zero-order valence-electron chi connectivity index (χ0n) is 26.4. The van der Waals surface area contributed by atoms with Gasteiger partial charge < -0.3 is 15.3 Å². The van der Waals surface area contributed by atoms with E-state index in [0.717, 1.165) is 22.3 Å². The van der Waals surface area contributed by atoms with Crippen LogP contribution in [-0.2, 0) is 21.7 Å². The van der Waals surface area contributed by atoms with Crippen LogP contribution in [-0.4, -0.2) is 21.3 Å². The number of rotatable bonds is 4. The maximum absolute atomic E-state index is 12.0. The standard InChI is InChI=1S/C36H48O4/c1-33(2,3)23-17-25(30(37)27(19-23)35(7,8)9)29(21-14-13-15-22(16-21)32(39)40)26-18-24(34(4,5)6)20-28(31(26)38)36(10,11)12/h13-20,29,37-38H,1-12H3,(H,39,40). The Balaban J connectivity index is 2.60. The minimum atomic E-state index is -1.02. The smallest absolute Gasteiger partial charge is 0.335 e. The number of carboxylic acids is 1. The Morgan fingerprint density at radius 1 is 0.600 bits per heavy atom. The molecule has 0 radical (unpaired) electrons. The lowest BCUT2D eigenvalue weighted by Gasteiger charge is -2.32. The molecule has 0 saturated heterocycles. The molecule has 0 aliphatic heterocycles. The molecule has 0 unspecified atom stereocenters. The number of aromatic hydroxyl groups is 2. The predicted octanol–water partition coefficient (Wildman–Crippen LogP) is 9.17. The van der Waals surface area contributed by atoms with Crippen LogP contribution in [0.1, 0.15) is 138 Å². The van der Waals surface area contributed by atoms with Crippen molar-refractivity contribution < 1.29 is 20.1 Å². The third-order valence-electron chi connectivity index (χ3n) is 7.72. The summed E-state index contributed by atoms with van der Waals surface area (Å²) in [5.74, 6) is -1.29. The van der Waals surface area contributed by atoms with Gasteiger partial charge in [-0.05, 0) is 61.6 Å². The van der Waals surface area contributed by atoms with E-state index >= 15 is 0 Å². The van der Waals surface area contributed by atoms with E-state index in [1.807, 2.05) is 18.2 Å². The Bertz CT molecular complexity index is 1340. The van der Waals surface area contributed by atoms with Crippen molar-refractivity contribution in [3.05, 3.63) is 93.0 Å². The molecule has 216 valence electrons. The van der Waals surface area contributed by atoms with Crippen molar-refractivity contribution in [2.45, 2.75) is 111 Å². The highest BCUT2D eigenvalue weighted by atomic mass is 16.4. The molecule has 0 amide bonds. The van der Waals surface area contributed by atoms with Gasteiger partial charge in [0.25, 0.3) is 0 Å². The first-order chi connectivity index (χ1) is 18.0. The van der Waals surface area contributed by atoms with Crippen LogP contribution in [0.5, 0.6) is 11.5 Å². The van der Waals surface area contributed by atoms with Gasteiger partial charge in [0.1, 0.15) is 11.5 Å². The molecular formula is C36H48O4. The summed E-state index contributed by atoms with van der Waals surface area (Å²) in [5.41, 5.74) is 4.81. The molecular weight excluding hydrogens is 496 g/mol. The topological polar surface area (TPSA) is 77.8 Å². The summed E-state index contributed by atoms with van der Waals surface area (Å²) in [6, 6.07) is 15.1. The van der Waals surface area contributed by atoms with E-state index in [9.17, 15) is 20.1 Å². The van der Waals surface area contributed by atoms with Crippen LogP contribution in [0.2, 0.25) is 0 Å². The van der Waals surface area contributed by atoms with Crippen LogP contribution < -0.4 is 0 Å². The average Bonchev–Trinajstić information content (AvgIpc) is 2.78. The molecule has 4 nitrogen and oxygen atoms in total. The predicted molar refractivity (Wildman–Crippen MR) is 165 cm³/mol. The third-order valence-corrected chi connectivity index (χ3v) is 7.72. The number of aromatic carboxylic acids is 1. The summed E-state index contributed by atoms with van der Waals surface area (Å²) in [6.07, 6.45) is 0. The second-order valence-electron chi connectivity index (χ2n) is 15.3. The van der Waals surface area contributed by atoms with E-state index < -0.39 is 11.9 Å². The summed E-state index contributed by atoms with van der Waals surface area (Å²) in [4.78, 5) is 12.0. The Morgan fingerprint density at radius 3 is 1.32 bits per heavy atom. The van der Waals surface area contributed by atoms with E-state index in [2.05, 4.69) is 95.2 Å².